The van der Waals surface area contributed by atoms with Gasteiger partial charge in [-0.1, -0.05) is 6.08 Å². The number of amides is 1. The molecule has 0 aliphatic carbocycles. The SMILES string of the molecule is C/C=C/C(=O)Nc1cc(-c2ncc[nH]2)ccc1OCCN(C)C. The summed E-state index contributed by atoms with van der Waals surface area (Å²) in [5, 5.41) is 2.85. The Morgan fingerprint density at radius 2 is 2.26 bits per heavy atom. The normalized spacial score (nSPS) is 11.1. The first kappa shape index (κ1) is 16.8. The molecule has 0 unspecified atom stereocenters. The lowest BCUT2D eigenvalue weighted by Gasteiger charge is -2.15. The van der Waals surface area contributed by atoms with Gasteiger partial charge in [0.2, 0.25) is 5.91 Å². The largest absolute Gasteiger partial charge is 0.490 e. The summed E-state index contributed by atoms with van der Waals surface area (Å²) < 4.78 is 5.79. The summed E-state index contributed by atoms with van der Waals surface area (Å²) >= 11 is 0. The summed E-state index contributed by atoms with van der Waals surface area (Å²) in [4.78, 5) is 21.2. The Labute approximate surface area is 136 Å². The highest BCUT2D eigenvalue weighted by Crippen LogP contribution is 2.29. The number of nitrogens with one attached hydrogen (secondary N) is 2. The third kappa shape index (κ3) is 4.96. The molecule has 0 aliphatic rings. The average Bonchev–Trinajstić information content (AvgIpc) is 3.03. The van der Waals surface area contributed by atoms with Gasteiger partial charge >= 0.3 is 0 Å². The molecular formula is C17H22N4O2. The van der Waals surface area contributed by atoms with Crippen molar-refractivity contribution in [3.8, 4) is 17.1 Å². The third-order valence-electron chi connectivity index (χ3n) is 3.12. The summed E-state index contributed by atoms with van der Waals surface area (Å²) in [7, 11) is 3.97. The number of allylic oxidation sites excluding steroid dienone is 1. The number of nitrogens with zero attached hydrogens (tertiary/aromatic N) is 2. The van der Waals surface area contributed by atoms with Gasteiger partial charge in [0.25, 0.3) is 0 Å². The van der Waals surface area contributed by atoms with E-state index in [0.717, 1.165) is 17.9 Å². The van der Waals surface area contributed by atoms with Gasteiger partial charge in [0.15, 0.2) is 0 Å². The molecule has 6 nitrogen and oxygen atoms in total. The summed E-state index contributed by atoms with van der Waals surface area (Å²) in [6, 6.07) is 5.61. The van der Waals surface area contributed by atoms with E-state index in [9.17, 15) is 4.79 Å². The lowest BCUT2D eigenvalue weighted by Crippen LogP contribution is -2.20. The number of likely N-dealkylation sites (N-methyl/N-ethyl adjacent to an activating group) is 1. The number of imidazole rings is 1. The quantitative estimate of drug-likeness (QED) is 0.771. The topological polar surface area (TPSA) is 70.2 Å². The van der Waals surface area contributed by atoms with Gasteiger partial charge in [-0.25, -0.2) is 4.98 Å². The van der Waals surface area contributed by atoms with Crippen molar-refractivity contribution in [3.05, 3.63) is 42.7 Å². The molecule has 0 aliphatic heterocycles. The fourth-order valence-electron chi connectivity index (χ4n) is 1.99. The Hall–Kier alpha value is -2.60. The maximum Gasteiger partial charge on any atom is 0.248 e. The van der Waals surface area contributed by atoms with E-state index in [4.69, 9.17) is 4.74 Å². The van der Waals surface area contributed by atoms with Crippen LogP contribution in [0.2, 0.25) is 0 Å². The molecule has 2 aromatic rings. The van der Waals surface area contributed by atoms with Crippen LogP contribution in [0.5, 0.6) is 5.75 Å². The highest BCUT2D eigenvalue weighted by atomic mass is 16.5. The van der Waals surface area contributed by atoms with Gasteiger partial charge in [-0.15, -0.1) is 0 Å². The Morgan fingerprint density at radius 1 is 1.43 bits per heavy atom. The fourth-order valence-corrected chi connectivity index (χ4v) is 1.99. The van der Waals surface area contributed by atoms with Crippen LogP contribution in [0.1, 0.15) is 6.92 Å². The number of benzene rings is 1. The lowest BCUT2D eigenvalue weighted by atomic mass is 10.1. The van der Waals surface area contributed by atoms with Crippen molar-refractivity contribution in [1.29, 1.82) is 0 Å². The Kier molecular flexibility index (Phi) is 5.94. The molecule has 0 fully saturated rings. The Morgan fingerprint density at radius 3 is 2.91 bits per heavy atom. The van der Waals surface area contributed by atoms with Crippen LogP contribution in [0.4, 0.5) is 5.69 Å². The van der Waals surface area contributed by atoms with E-state index in [1.54, 1.807) is 25.4 Å². The number of carbonyl (C=O) groups excluding carboxylic acids is 1. The standard InChI is InChI=1S/C17H22N4O2/c1-4-5-16(22)20-14-12-13(17-18-8-9-19-17)6-7-15(14)23-11-10-21(2)3/h4-9,12H,10-11H2,1-3H3,(H,18,19)(H,20,22)/b5-4+. The molecule has 0 atom stereocenters. The van der Waals surface area contributed by atoms with Crippen LogP contribution < -0.4 is 10.1 Å². The van der Waals surface area contributed by atoms with Gasteiger partial charge in [0.05, 0.1) is 5.69 Å². The minimum atomic E-state index is -0.193. The number of hydrogen-bond acceptors (Lipinski definition) is 4. The van der Waals surface area contributed by atoms with Gasteiger partial charge in [0, 0.05) is 24.5 Å². The monoisotopic (exact) mass is 314 g/mol. The minimum absolute atomic E-state index is 0.193. The van der Waals surface area contributed by atoms with E-state index < -0.39 is 0 Å². The molecule has 6 heteroatoms. The molecule has 23 heavy (non-hydrogen) atoms. The fraction of sp³-hybridized carbons (Fsp3) is 0.294. The molecule has 1 aromatic carbocycles. The second kappa shape index (κ2) is 8.14. The molecule has 2 N–H and O–H groups in total. The van der Waals surface area contributed by atoms with E-state index >= 15 is 0 Å². The molecule has 0 bridgehead atoms. The van der Waals surface area contributed by atoms with Gasteiger partial charge in [-0.05, 0) is 45.3 Å². The Bertz CT molecular complexity index is 663. The van der Waals surface area contributed by atoms with Gasteiger partial charge in [-0.3, -0.25) is 4.79 Å². The van der Waals surface area contributed by atoms with Crippen molar-refractivity contribution in [1.82, 2.24) is 14.9 Å². The second-order valence-corrected chi connectivity index (χ2v) is 5.29. The predicted octanol–water partition coefficient (Wildman–Crippen LogP) is 2.53. The number of H-pyrrole nitrogens is 1. The van der Waals surface area contributed by atoms with Crippen LogP contribution in [-0.4, -0.2) is 48.0 Å². The summed E-state index contributed by atoms with van der Waals surface area (Å²) in [6.07, 6.45) is 6.62. The van der Waals surface area contributed by atoms with Crippen molar-refractivity contribution in [2.24, 2.45) is 0 Å². The van der Waals surface area contributed by atoms with E-state index in [0.29, 0.717) is 18.0 Å². The Balaban J connectivity index is 2.23. The lowest BCUT2D eigenvalue weighted by molar-refractivity contribution is -0.111. The summed E-state index contributed by atoms with van der Waals surface area (Å²) in [6.45, 7) is 3.13. The van der Waals surface area contributed by atoms with E-state index in [2.05, 4.69) is 15.3 Å². The maximum atomic E-state index is 11.9. The molecule has 2 rings (SSSR count). The van der Waals surface area contributed by atoms with Gasteiger partial charge < -0.3 is 19.9 Å². The number of hydrogen-bond donors (Lipinski definition) is 2. The molecule has 1 aromatic heterocycles. The van der Waals surface area contributed by atoms with Crippen LogP contribution in [0.15, 0.2) is 42.7 Å². The first-order chi connectivity index (χ1) is 11.1. The number of anilines is 1. The van der Waals surface area contributed by atoms with E-state index in [-0.39, 0.29) is 5.91 Å². The summed E-state index contributed by atoms with van der Waals surface area (Å²) in [5.74, 6) is 1.19. The predicted molar refractivity (Wildman–Crippen MR) is 91.5 cm³/mol. The highest BCUT2D eigenvalue weighted by molar-refractivity contribution is 6.00. The number of carbonyl (C=O) groups is 1. The highest BCUT2D eigenvalue weighted by Gasteiger charge is 2.10. The van der Waals surface area contributed by atoms with Crippen molar-refractivity contribution in [2.75, 3.05) is 32.6 Å². The molecule has 1 amide bonds. The average molecular weight is 314 g/mol. The molecule has 0 saturated carbocycles. The van der Waals surface area contributed by atoms with Gasteiger partial charge in [-0.2, -0.15) is 0 Å². The van der Waals surface area contributed by atoms with Crippen LogP contribution in [-0.2, 0) is 4.79 Å². The third-order valence-corrected chi connectivity index (χ3v) is 3.12. The molecule has 0 saturated heterocycles. The first-order valence-corrected chi connectivity index (χ1v) is 7.45. The minimum Gasteiger partial charge on any atom is -0.490 e. The zero-order chi connectivity index (χ0) is 16.7. The smallest absolute Gasteiger partial charge is 0.248 e. The summed E-state index contributed by atoms with van der Waals surface area (Å²) in [5.41, 5.74) is 1.51. The molecule has 0 radical (unpaired) electrons. The number of aromatic amines is 1. The van der Waals surface area contributed by atoms with E-state index in [1.807, 2.05) is 37.2 Å². The van der Waals surface area contributed by atoms with E-state index in [1.165, 1.54) is 6.08 Å². The number of rotatable bonds is 7. The maximum absolute atomic E-state index is 11.9. The van der Waals surface area contributed by atoms with Gasteiger partial charge in [0.1, 0.15) is 18.2 Å². The number of ether oxygens (including phenoxy) is 1. The second-order valence-electron chi connectivity index (χ2n) is 5.29. The first-order valence-electron chi connectivity index (χ1n) is 7.45. The van der Waals surface area contributed by atoms with Crippen LogP contribution >= 0.6 is 0 Å². The zero-order valence-electron chi connectivity index (χ0n) is 13.7. The van der Waals surface area contributed by atoms with Crippen LogP contribution in [0, 0.1) is 0 Å². The molecule has 0 spiro atoms. The zero-order valence-corrected chi connectivity index (χ0v) is 13.7. The molecular weight excluding hydrogens is 292 g/mol. The molecule has 122 valence electrons. The van der Waals surface area contributed by atoms with Crippen molar-refractivity contribution in [3.63, 3.8) is 0 Å². The van der Waals surface area contributed by atoms with Crippen molar-refractivity contribution in [2.45, 2.75) is 6.92 Å². The van der Waals surface area contributed by atoms with Crippen LogP contribution in [0.3, 0.4) is 0 Å². The van der Waals surface area contributed by atoms with Crippen molar-refractivity contribution >= 4 is 11.6 Å². The van der Waals surface area contributed by atoms with Crippen LogP contribution in [0.25, 0.3) is 11.4 Å². The number of aromatic nitrogens is 2. The van der Waals surface area contributed by atoms with Crippen molar-refractivity contribution < 1.29 is 9.53 Å². The molecule has 1 heterocycles.